The molecule has 1 aliphatic carbocycles. The summed E-state index contributed by atoms with van der Waals surface area (Å²) < 4.78 is 0.987. The molecule has 1 aromatic heterocycles. The molecule has 0 radical (unpaired) electrons. The third-order valence-corrected chi connectivity index (χ3v) is 5.59. The molecule has 0 bridgehead atoms. The zero-order valence-electron chi connectivity index (χ0n) is 11.8. The van der Waals surface area contributed by atoms with E-state index in [-0.39, 0.29) is 0 Å². The third kappa shape index (κ3) is 2.33. The summed E-state index contributed by atoms with van der Waals surface area (Å²) in [6.45, 7) is 4.65. The van der Waals surface area contributed by atoms with E-state index in [4.69, 9.17) is 10.1 Å². The molecule has 1 heterocycles. The van der Waals surface area contributed by atoms with Gasteiger partial charge in [-0.1, -0.05) is 26.7 Å². The number of aromatic carboxylic acids is 1. The molecule has 1 aliphatic rings. The van der Waals surface area contributed by atoms with Crippen molar-refractivity contribution in [3.63, 3.8) is 0 Å². The Morgan fingerprint density at radius 3 is 2.90 bits per heavy atom. The van der Waals surface area contributed by atoms with Gasteiger partial charge in [0.1, 0.15) is 0 Å². The number of fused-ring (bicyclic) bond motifs is 1. The van der Waals surface area contributed by atoms with E-state index in [0.717, 1.165) is 10.2 Å². The Labute approximate surface area is 122 Å². The number of aromatic nitrogens is 1. The van der Waals surface area contributed by atoms with E-state index in [0.29, 0.717) is 16.9 Å². The monoisotopic (exact) mass is 289 g/mol. The fourth-order valence-electron chi connectivity index (χ4n) is 3.18. The van der Waals surface area contributed by atoms with Crippen LogP contribution in [0.3, 0.4) is 0 Å². The van der Waals surface area contributed by atoms with Crippen molar-refractivity contribution < 1.29 is 9.90 Å². The van der Waals surface area contributed by atoms with E-state index in [9.17, 15) is 4.79 Å². The zero-order valence-corrected chi connectivity index (χ0v) is 12.7. The largest absolute Gasteiger partial charge is 0.478 e. The standard InChI is InChI=1S/C16H19NO2S/c1-16(2)8-4-3-5-11(16)14-17-12-7-6-10(15(18)19)9-13(12)20-14/h6-7,9,11H,3-5,8H2,1-2H3,(H,18,19). The van der Waals surface area contributed by atoms with Crippen molar-refractivity contribution in [2.45, 2.75) is 45.4 Å². The quantitative estimate of drug-likeness (QED) is 0.873. The lowest BCUT2D eigenvalue weighted by Gasteiger charge is -2.37. The first-order valence-corrected chi connectivity index (χ1v) is 7.93. The number of nitrogens with zero attached hydrogens (tertiary/aromatic N) is 1. The average molecular weight is 289 g/mol. The molecule has 1 aromatic carbocycles. The summed E-state index contributed by atoms with van der Waals surface area (Å²) in [6, 6.07) is 5.21. The van der Waals surface area contributed by atoms with Crippen molar-refractivity contribution in [2.24, 2.45) is 5.41 Å². The van der Waals surface area contributed by atoms with E-state index in [2.05, 4.69) is 13.8 Å². The molecule has 106 valence electrons. The Morgan fingerprint density at radius 1 is 1.40 bits per heavy atom. The number of carboxylic acid groups (broad SMARTS) is 1. The minimum atomic E-state index is -0.875. The zero-order chi connectivity index (χ0) is 14.3. The van der Waals surface area contributed by atoms with E-state index < -0.39 is 5.97 Å². The second kappa shape index (κ2) is 4.85. The first-order chi connectivity index (χ1) is 9.47. The summed E-state index contributed by atoms with van der Waals surface area (Å²) in [5.74, 6) is -0.373. The van der Waals surface area contributed by atoms with Crippen LogP contribution in [-0.2, 0) is 0 Å². The summed E-state index contributed by atoms with van der Waals surface area (Å²) >= 11 is 1.66. The van der Waals surface area contributed by atoms with Gasteiger partial charge in [-0.05, 0) is 36.5 Å². The van der Waals surface area contributed by atoms with Gasteiger partial charge < -0.3 is 5.11 Å². The highest BCUT2D eigenvalue weighted by atomic mass is 32.1. The summed E-state index contributed by atoms with van der Waals surface area (Å²) in [7, 11) is 0. The molecule has 1 saturated carbocycles. The van der Waals surface area contributed by atoms with Crippen LogP contribution in [0.2, 0.25) is 0 Å². The molecule has 4 heteroatoms. The Morgan fingerprint density at radius 2 is 2.20 bits per heavy atom. The fourth-order valence-corrected chi connectivity index (χ4v) is 4.53. The maximum atomic E-state index is 11.0. The van der Waals surface area contributed by atoms with E-state index in [1.807, 2.05) is 6.07 Å². The van der Waals surface area contributed by atoms with Gasteiger partial charge in [0.25, 0.3) is 0 Å². The van der Waals surface area contributed by atoms with Gasteiger partial charge in [-0.3, -0.25) is 0 Å². The van der Waals surface area contributed by atoms with Crippen LogP contribution in [0, 0.1) is 5.41 Å². The lowest BCUT2D eigenvalue weighted by Crippen LogP contribution is -2.25. The van der Waals surface area contributed by atoms with Crippen LogP contribution < -0.4 is 0 Å². The maximum Gasteiger partial charge on any atom is 0.335 e. The van der Waals surface area contributed by atoms with Crippen LogP contribution >= 0.6 is 11.3 Å². The Hall–Kier alpha value is -1.42. The summed E-state index contributed by atoms with van der Waals surface area (Å²) in [5.41, 5.74) is 1.56. The van der Waals surface area contributed by atoms with E-state index >= 15 is 0 Å². The molecular formula is C16H19NO2S. The predicted octanol–water partition coefficient (Wildman–Crippen LogP) is 4.68. The molecule has 2 aromatic rings. The van der Waals surface area contributed by atoms with Gasteiger partial charge in [-0.15, -0.1) is 11.3 Å². The van der Waals surface area contributed by atoms with E-state index in [1.165, 1.54) is 30.7 Å². The molecule has 0 spiro atoms. The highest BCUT2D eigenvalue weighted by Crippen LogP contribution is 2.48. The summed E-state index contributed by atoms with van der Waals surface area (Å²) in [4.78, 5) is 15.8. The molecular weight excluding hydrogens is 270 g/mol. The Bertz CT molecular complexity index is 660. The van der Waals surface area contributed by atoms with Crippen LogP contribution in [0.15, 0.2) is 18.2 Å². The maximum absolute atomic E-state index is 11.0. The fraction of sp³-hybridized carbons (Fsp3) is 0.500. The number of hydrogen-bond acceptors (Lipinski definition) is 3. The summed E-state index contributed by atoms with van der Waals surface area (Å²) in [6.07, 6.45) is 5.01. The smallest absolute Gasteiger partial charge is 0.335 e. The topological polar surface area (TPSA) is 50.2 Å². The number of carbonyl (C=O) groups is 1. The lowest BCUT2D eigenvalue weighted by atomic mass is 9.69. The highest BCUT2D eigenvalue weighted by molar-refractivity contribution is 7.18. The number of benzene rings is 1. The molecule has 1 fully saturated rings. The molecule has 0 saturated heterocycles. The molecule has 0 aliphatic heterocycles. The molecule has 1 N–H and O–H groups in total. The van der Waals surface area contributed by atoms with Gasteiger partial charge >= 0.3 is 5.97 Å². The summed E-state index contributed by atoms with van der Waals surface area (Å²) in [5, 5.41) is 10.2. The lowest BCUT2D eigenvalue weighted by molar-refractivity contribution is 0.0697. The highest BCUT2D eigenvalue weighted by Gasteiger charge is 2.35. The van der Waals surface area contributed by atoms with Gasteiger partial charge in [0, 0.05) is 5.92 Å². The van der Waals surface area contributed by atoms with Crippen molar-refractivity contribution >= 4 is 27.5 Å². The molecule has 3 nitrogen and oxygen atoms in total. The Kier molecular flexibility index (Phi) is 3.28. The minimum absolute atomic E-state index is 0.293. The molecule has 0 amide bonds. The van der Waals surface area contributed by atoms with Crippen molar-refractivity contribution in [3.05, 3.63) is 28.8 Å². The van der Waals surface area contributed by atoms with E-state index in [1.54, 1.807) is 23.5 Å². The van der Waals surface area contributed by atoms with Crippen molar-refractivity contribution in [3.8, 4) is 0 Å². The minimum Gasteiger partial charge on any atom is -0.478 e. The second-order valence-electron chi connectivity index (χ2n) is 6.33. The molecule has 3 rings (SSSR count). The number of carboxylic acids is 1. The number of thiazole rings is 1. The van der Waals surface area contributed by atoms with Crippen LogP contribution in [0.4, 0.5) is 0 Å². The SMILES string of the molecule is CC1(C)CCCCC1c1nc2ccc(C(=O)O)cc2s1. The van der Waals surface area contributed by atoms with Gasteiger partial charge in [-0.25, -0.2) is 9.78 Å². The van der Waals surface area contributed by atoms with Crippen molar-refractivity contribution in [1.82, 2.24) is 4.98 Å². The van der Waals surface area contributed by atoms with Crippen molar-refractivity contribution in [1.29, 1.82) is 0 Å². The second-order valence-corrected chi connectivity index (χ2v) is 7.39. The number of hydrogen-bond donors (Lipinski definition) is 1. The van der Waals surface area contributed by atoms with Gasteiger partial charge in [0.15, 0.2) is 0 Å². The van der Waals surface area contributed by atoms with Crippen LogP contribution in [0.5, 0.6) is 0 Å². The molecule has 1 unspecified atom stereocenters. The first kappa shape index (κ1) is 13.6. The van der Waals surface area contributed by atoms with Crippen molar-refractivity contribution in [2.75, 3.05) is 0 Å². The number of rotatable bonds is 2. The third-order valence-electron chi connectivity index (χ3n) is 4.46. The molecule has 1 atom stereocenters. The normalized spacial score (nSPS) is 22.0. The van der Waals surface area contributed by atoms with Crippen LogP contribution in [0.25, 0.3) is 10.2 Å². The van der Waals surface area contributed by atoms with Gasteiger partial charge in [0.2, 0.25) is 0 Å². The van der Waals surface area contributed by atoms with Crippen LogP contribution in [0.1, 0.15) is 60.8 Å². The van der Waals surface area contributed by atoms with Crippen LogP contribution in [-0.4, -0.2) is 16.1 Å². The van der Waals surface area contributed by atoms with Gasteiger partial charge in [-0.2, -0.15) is 0 Å². The predicted molar refractivity (Wildman–Crippen MR) is 81.6 cm³/mol. The molecule has 20 heavy (non-hydrogen) atoms. The first-order valence-electron chi connectivity index (χ1n) is 7.11. The Balaban J connectivity index is 2.02. The van der Waals surface area contributed by atoms with Gasteiger partial charge in [0.05, 0.1) is 20.8 Å². The average Bonchev–Trinajstić information content (AvgIpc) is 2.80.